The predicted molar refractivity (Wildman–Crippen MR) is 67.8 cm³/mol. The molecular weight excluding hydrogens is 233 g/mol. The molecule has 18 heavy (non-hydrogen) atoms. The average molecular weight is 253 g/mol. The first-order valence-corrected chi connectivity index (χ1v) is 6.46. The molecule has 100 valence electrons. The fraction of sp³-hybridized carbons (Fsp3) is 0.615. The summed E-state index contributed by atoms with van der Waals surface area (Å²) in [7, 11) is 0. The summed E-state index contributed by atoms with van der Waals surface area (Å²) in [5.74, 6) is -0.286. The zero-order valence-corrected chi connectivity index (χ0v) is 10.6. The van der Waals surface area contributed by atoms with Crippen molar-refractivity contribution in [3.05, 3.63) is 29.8 Å². The fourth-order valence-corrected chi connectivity index (χ4v) is 1.98. The second kappa shape index (κ2) is 7.41. The summed E-state index contributed by atoms with van der Waals surface area (Å²) in [5.41, 5.74) is 0.878. The molecule has 0 aliphatic carbocycles. The number of hydrogen-bond donors (Lipinski definition) is 1. The highest BCUT2D eigenvalue weighted by molar-refractivity contribution is 5.04. The van der Waals surface area contributed by atoms with Gasteiger partial charge in [-0.3, -0.25) is 9.88 Å². The van der Waals surface area contributed by atoms with Crippen molar-refractivity contribution in [2.45, 2.75) is 13.0 Å². The molecule has 0 saturated carbocycles. The number of pyridine rings is 1. The zero-order chi connectivity index (χ0) is 12.6. The average Bonchev–Trinajstić information content (AvgIpc) is 2.42. The highest BCUT2D eigenvalue weighted by atomic mass is 19.1. The van der Waals surface area contributed by atoms with E-state index in [1.807, 2.05) is 0 Å². The van der Waals surface area contributed by atoms with Crippen LogP contribution < -0.4 is 5.32 Å². The topological polar surface area (TPSA) is 37.4 Å². The molecule has 0 atom stereocenters. The van der Waals surface area contributed by atoms with Gasteiger partial charge in [-0.25, -0.2) is 4.39 Å². The molecule has 0 unspecified atom stereocenters. The van der Waals surface area contributed by atoms with Gasteiger partial charge in [-0.15, -0.1) is 0 Å². The van der Waals surface area contributed by atoms with Crippen LogP contribution in [0, 0.1) is 5.82 Å². The van der Waals surface area contributed by atoms with Crippen molar-refractivity contribution in [3.63, 3.8) is 0 Å². The summed E-state index contributed by atoms with van der Waals surface area (Å²) in [6, 6.07) is 3.15. The maximum Gasteiger partial charge on any atom is 0.141 e. The normalized spacial score (nSPS) is 16.9. The molecule has 1 aliphatic heterocycles. The van der Waals surface area contributed by atoms with Crippen molar-refractivity contribution in [2.24, 2.45) is 0 Å². The van der Waals surface area contributed by atoms with Crippen molar-refractivity contribution < 1.29 is 9.13 Å². The van der Waals surface area contributed by atoms with Crippen LogP contribution in [0.15, 0.2) is 18.3 Å². The predicted octanol–water partition coefficient (Wildman–Crippen LogP) is 1.03. The summed E-state index contributed by atoms with van der Waals surface area (Å²) in [4.78, 5) is 6.42. The molecule has 2 rings (SSSR count). The van der Waals surface area contributed by atoms with Crippen LogP contribution in [-0.2, 0) is 11.3 Å². The molecule has 1 aromatic heterocycles. The molecule has 0 spiro atoms. The van der Waals surface area contributed by atoms with Gasteiger partial charge in [-0.2, -0.15) is 0 Å². The van der Waals surface area contributed by atoms with Crippen molar-refractivity contribution >= 4 is 0 Å². The molecule has 0 aromatic carbocycles. The van der Waals surface area contributed by atoms with E-state index in [1.54, 1.807) is 6.07 Å². The molecule has 1 fully saturated rings. The number of rotatable bonds is 6. The van der Waals surface area contributed by atoms with Crippen molar-refractivity contribution in [3.8, 4) is 0 Å². The third-order valence-corrected chi connectivity index (χ3v) is 3.03. The van der Waals surface area contributed by atoms with Gasteiger partial charge in [0, 0.05) is 19.6 Å². The van der Waals surface area contributed by atoms with E-state index in [-0.39, 0.29) is 5.82 Å². The van der Waals surface area contributed by atoms with Crippen LogP contribution in [0.4, 0.5) is 4.39 Å². The Kier molecular flexibility index (Phi) is 5.51. The monoisotopic (exact) mass is 253 g/mol. The number of nitrogens with one attached hydrogen (secondary N) is 1. The van der Waals surface area contributed by atoms with Gasteiger partial charge >= 0.3 is 0 Å². The second-order valence-corrected chi connectivity index (χ2v) is 4.45. The van der Waals surface area contributed by atoms with Crippen LogP contribution in [0.1, 0.15) is 12.1 Å². The molecule has 1 aliphatic rings. The summed E-state index contributed by atoms with van der Waals surface area (Å²) in [5, 5.41) is 3.32. The Labute approximate surface area is 107 Å². The lowest BCUT2D eigenvalue weighted by Gasteiger charge is -2.26. The first-order chi connectivity index (χ1) is 8.84. The van der Waals surface area contributed by atoms with Crippen molar-refractivity contribution in [1.82, 2.24) is 15.2 Å². The van der Waals surface area contributed by atoms with Crippen LogP contribution in [0.3, 0.4) is 0 Å². The van der Waals surface area contributed by atoms with Gasteiger partial charge in [0.15, 0.2) is 0 Å². The molecule has 4 nitrogen and oxygen atoms in total. The number of hydrogen-bond acceptors (Lipinski definition) is 4. The number of halogens is 1. The van der Waals surface area contributed by atoms with E-state index < -0.39 is 0 Å². The van der Waals surface area contributed by atoms with Crippen LogP contribution in [0.25, 0.3) is 0 Å². The van der Waals surface area contributed by atoms with Crippen LogP contribution in [0.2, 0.25) is 0 Å². The van der Waals surface area contributed by atoms with Gasteiger partial charge in [0.1, 0.15) is 5.82 Å². The maximum absolute atomic E-state index is 12.6. The van der Waals surface area contributed by atoms with Crippen LogP contribution in [0.5, 0.6) is 0 Å². The standard InChI is InChI=1S/C13H20FN3O/c14-12-2-3-13(16-10-12)11-15-4-1-5-17-6-8-18-9-7-17/h2-3,10,15H,1,4-9,11H2. The van der Waals surface area contributed by atoms with Crippen molar-refractivity contribution in [1.29, 1.82) is 0 Å². The summed E-state index contributed by atoms with van der Waals surface area (Å²) in [6.45, 7) is 6.55. The smallest absolute Gasteiger partial charge is 0.141 e. The first kappa shape index (κ1) is 13.4. The van der Waals surface area contributed by atoms with E-state index in [2.05, 4.69) is 15.2 Å². The number of ether oxygens (including phenoxy) is 1. The Morgan fingerprint density at radius 3 is 2.89 bits per heavy atom. The molecule has 2 heterocycles. The van der Waals surface area contributed by atoms with Gasteiger partial charge in [0.25, 0.3) is 0 Å². The first-order valence-electron chi connectivity index (χ1n) is 6.46. The molecule has 0 radical (unpaired) electrons. The lowest BCUT2D eigenvalue weighted by atomic mass is 10.3. The van der Waals surface area contributed by atoms with E-state index in [9.17, 15) is 4.39 Å². The molecular formula is C13H20FN3O. The Balaban J connectivity index is 1.54. The summed E-state index contributed by atoms with van der Waals surface area (Å²) < 4.78 is 17.9. The van der Waals surface area contributed by atoms with Gasteiger partial charge in [-0.1, -0.05) is 0 Å². The third-order valence-electron chi connectivity index (χ3n) is 3.03. The minimum absolute atomic E-state index is 0.286. The lowest BCUT2D eigenvalue weighted by molar-refractivity contribution is 0.0374. The molecule has 1 saturated heterocycles. The molecule has 0 amide bonds. The highest BCUT2D eigenvalue weighted by Crippen LogP contribution is 1.99. The second-order valence-electron chi connectivity index (χ2n) is 4.45. The van der Waals surface area contributed by atoms with Gasteiger partial charge in [-0.05, 0) is 31.6 Å². The third kappa shape index (κ3) is 4.68. The van der Waals surface area contributed by atoms with E-state index in [0.29, 0.717) is 6.54 Å². The number of morpholine rings is 1. The highest BCUT2D eigenvalue weighted by Gasteiger charge is 2.08. The summed E-state index contributed by atoms with van der Waals surface area (Å²) in [6.07, 6.45) is 2.37. The Bertz CT molecular complexity index is 339. The maximum atomic E-state index is 12.6. The molecule has 5 heteroatoms. The molecule has 0 bridgehead atoms. The largest absolute Gasteiger partial charge is 0.379 e. The quantitative estimate of drug-likeness (QED) is 0.769. The van der Waals surface area contributed by atoms with E-state index in [1.165, 1.54) is 12.3 Å². The van der Waals surface area contributed by atoms with E-state index >= 15 is 0 Å². The SMILES string of the molecule is Fc1ccc(CNCCCN2CCOCC2)nc1. The van der Waals surface area contributed by atoms with E-state index in [4.69, 9.17) is 4.74 Å². The minimum atomic E-state index is -0.286. The Morgan fingerprint density at radius 1 is 1.33 bits per heavy atom. The fourth-order valence-electron chi connectivity index (χ4n) is 1.98. The lowest BCUT2D eigenvalue weighted by Crippen LogP contribution is -2.37. The van der Waals surface area contributed by atoms with Gasteiger partial charge in [0.05, 0.1) is 25.1 Å². The Morgan fingerprint density at radius 2 is 2.17 bits per heavy atom. The van der Waals surface area contributed by atoms with Gasteiger partial charge in [0.2, 0.25) is 0 Å². The van der Waals surface area contributed by atoms with E-state index in [0.717, 1.165) is 51.5 Å². The Hall–Kier alpha value is -1.04. The molecule has 1 N–H and O–H groups in total. The number of nitrogens with zero attached hydrogens (tertiary/aromatic N) is 2. The zero-order valence-electron chi connectivity index (χ0n) is 10.6. The van der Waals surface area contributed by atoms with Crippen LogP contribution in [-0.4, -0.2) is 49.3 Å². The van der Waals surface area contributed by atoms with Crippen LogP contribution >= 0.6 is 0 Å². The summed E-state index contributed by atoms with van der Waals surface area (Å²) >= 11 is 0. The van der Waals surface area contributed by atoms with Gasteiger partial charge < -0.3 is 10.1 Å². The molecule has 1 aromatic rings. The van der Waals surface area contributed by atoms with Crippen molar-refractivity contribution in [2.75, 3.05) is 39.4 Å². The number of aromatic nitrogens is 1. The minimum Gasteiger partial charge on any atom is -0.379 e.